The van der Waals surface area contributed by atoms with E-state index in [2.05, 4.69) is 20.2 Å². The molecule has 0 aliphatic carbocycles. The number of nitrogens with zero attached hydrogens (tertiary/aromatic N) is 3. The van der Waals surface area contributed by atoms with Gasteiger partial charge in [0, 0.05) is 24.8 Å². The Morgan fingerprint density at radius 3 is 2.83 bits per heavy atom. The molecule has 1 fully saturated rings. The zero-order chi connectivity index (χ0) is 16.2. The van der Waals surface area contributed by atoms with E-state index in [0.717, 1.165) is 31.6 Å². The third-order valence-corrected chi connectivity index (χ3v) is 4.34. The number of guanidine groups is 1. The predicted molar refractivity (Wildman–Crippen MR) is 89.2 cm³/mol. The van der Waals surface area contributed by atoms with Gasteiger partial charge < -0.3 is 15.0 Å². The number of halogens is 1. The van der Waals surface area contributed by atoms with Crippen LogP contribution in [0.2, 0.25) is 0 Å². The molecule has 1 aromatic rings. The summed E-state index contributed by atoms with van der Waals surface area (Å²) in [4.78, 5) is 11.0. The van der Waals surface area contributed by atoms with E-state index in [-0.39, 0.29) is 11.9 Å². The van der Waals surface area contributed by atoms with Gasteiger partial charge in [0.1, 0.15) is 12.5 Å². The molecular formula is C17H23FN4O. The molecule has 1 saturated heterocycles. The van der Waals surface area contributed by atoms with Gasteiger partial charge in [-0.05, 0) is 32.8 Å². The zero-order valence-corrected chi connectivity index (χ0v) is 13.6. The molecule has 0 amide bonds. The summed E-state index contributed by atoms with van der Waals surface area (Å²) >= 11 is 0. The molecule has 1 atom stereocenters. The van der Waals surface area contributed by atoms with Crippen molar-refractivity contribution < 1.29 is 9.13 Å². The van der Waals surface area contributed by atoms with Crippen LogP contribution in [0.25, 0.3) is 0 Å². The van der Waals surface area contributed by atoms with Gasteiger partial charge in [0.15, 0.2) is 0 Å². The van der Waals surface area contributed by atoms with E-state index in [9.17, 15) is 4.39 Å². The molecule has 1 N–H and O–H groups in total. The van der Waals surface area contributed by atoms with E-state index in [1.807, 2.05) is 26.3 Å². The van der Waals surface area contributed by atoms with Crippen LogP contribution >= 0.6 is 0 Å². The fraction of sp³-hybridized carbons (Fsp3) is 0.529. The molecule has 124 valence electrons. The molecule has 0 aromatic heterocycles. The van der Waals surface area contributed by atoms with Gasteiger partial charge in [0.05, 0.1) is 12.4 Å². The number of hydrogen-bond donors (Lipinski definition) is 1. The molecule has 2 aliphatic heterocycles. The molecule has 6 heteroatoms. The predicted octanol–water partition coefficient (Wildman–Crippen LogP) is 2.62. The zero-order valence-electron chi connectivity index (χ0n) is 13.6. The summed E-state index contributed by atoms with van der Waals surface area (Å²) in [7, 11) is 0. The summed E-state index contributed by atoms with van der Waals surface area (Å²) in [6.45, 7) is 6.05. The monoisotopic (exact) mass is 318 g/mol. The highest BCUT2D eigenvalue weighted by Gasteiger charge is 2.21. The minimum absolute atomic E-state index is 0.180. The lowest BCUT2D eigenvalue weighted by Crippen LogP contribution is -2.42. The molecule has 0 saturated carbocycles. The molecular weight excluding hydrogens is 295 g/mol. The van der Waals surface area contributed by atoms with Crippen molar-refractivity contribution in [1.82, 2.24) is 10.2 Å². The third-order valence-electron chi connectivity index (χ3n) is 4.34. The maximum absolute atomic E-state index is 13.9. The van der Waals surface area contributed by atoms with E-state index in [1.165, 1.54) is 6.07 Å². The van der Waals surface area contributed by atoms with Crippen molar-refractivity contribution in [3.8, 4) is 0 Å². The van der Waals surface area contributed by atoms with Crippen LogP contribution in [0.15, 0.2) is 28.2 Å². The Hall–Kier alpha value is -1.95. The molecule has 3 rings (SSSR count). The minimum atomic E-state index is -0.208. The van der Waals surface area contributed by atoms with Crippen molar-refractivity contribution in [2.24, 2.45) is 9.98 Å². The topological polar surface area (TPSA) is 49.2 Å². The Kier molecular flexibility index (Phi) is 4.91. The van der Waals surface area contributed by atoms with E-state index in [0.29, 0.717) is 24.2 Å². The van der Waals surface area contributed by atoms with Crippen LogP contribution < -0.4 is 5.32 Å². The summed E-state index contributed by atoms with van der Waals surface area (Å²) in [5.74, 6) is 0.349. The van der Waals surface area contributed by atoms with E-state index in [4.69, 9.17) is 4.74 Å². The van der Waals surface area contributed by atoms with Crippen molar-refractivity contribution in [2.45, 2.75) is 38.8 Å². The van der Waals surface area contributed by atoms with E-state index >= 15 is 0 Å². The van der Waals surface area contributed by atoms with Crippen molar-refractivity contribution in [1.29, 1.82) is 0 Å². The molecule has 0 bridgehead atoms. The summed E-state index contributed by atoms with van der Waals surface area (Å²) in [6.07, 6.45) is 3.86. The second-order valence-electron chi connectivity index (χ2n) is 6.12. The number of hydrogen-bond acceptors (Lipinski definition) is 5. The van der Waals surface area contributed by atoms with Crippen molar-refractivity contribution >= 4 is 12.3 Å². The number of ether oxygens (including phenoxy) is 1. The Morgan fingerprint density at radius 2 is 2.13 bits per heavy atom. The molecule has 2 aliphatic rings. The van der Waals surface area contributed by atoms with Crippen LogP contribution in [0.4, 0.5) is 4.39 Å². The standard InChI is InChI=1S/C17H23FN4O/c1-12-3-4-16(18)15(9-12)13(2)21-17-19-10-22(11-20-17)14-5-7-23-8-6-14/h3-4,9-10,13-14H,5-8,11H2,1-2H3,(H,20,21). The maximum atomic E-state index is 13.9. The van der Waals surface area contributed by atoms with Crippen LogP contribution in [-0.4, -0.2) is 43.1 Å². The largest absolute Gasteiger partial charge is 0.381 e. The summed E-state index contributed by atoms with van der Waals surface area (Å²) in [5, 5.41) is 3.19. The normalized spacial score (nSPS) is 20.3. The van der Waals surface area contributed by atoms with Crippen molar-refractivity contribution in [3.63, 3.8) is 0 Å². The molecule has 0 radical (unpaired) electrons. The number of aryl methyl sites for hydroxylation is 1. The van der Waals surface area contributed by atoms with Gasteiger partial charge in [0.2, 0.25) is 5.96 Å². The second kappa shape index (κ2) is 7.08. The fourth-order valence-corrected chi connectivity index (χ4v) is 2.93. The Bertz CT molecular complexity index is 611. The van der Waals surface area contributed by atoms with E-state index in [1.54, 1.807) is 6.07 Å². The lowest BCUT2D eigenvalue weighted by molar-refractivity contribution is 0.0568. The van der Waals surface area contributed by atoms with Crippen LogP contribution in [0.3, 0.4) is 0 Å². The van der Waals surface area contributed by atoms with Gasteiger partial charge in [-0.3, -0.25) is 0 Å². The summed E-state index contributed by atoms with van der Waals surface area (Å²) < 4.78 is 19.3. The highest BCUT2D eigenvalue weighted by atomic mass is 19.1. The fourth-order valence-electron chi connectivity index (χ4n) is 2.93. The van der Waals surface area contributed by atoms with Crippen LogP contribution in [-0.2, 0) is 4.74 Å². The quantitative estimate of drug-likeness (QED) is 0.932. The lowest BCUT2D eigenvalue weighted by Gasteiger charge is -2.33. The Morgan fingerprint density at radius 1 is 1.35 bits per heavy atom. The van der Waals surface area contributed by atoms with Crippen LogP contribution in [0.5, 0.6) is 0 Å². The highest BCUT2D eigenvalue weighted by molar-refractivity contribution is 5.89. The molecule has 5 nitrogen and oxygen atoms in total. The van der Waals surface area contributed by atoms with E-state index < -0.39 is 0 Å². The van der Waals surface area contributed by atoms with Gasteiger partial charge in [-0.25, -0.2) is 14.4 Å². The maximum Gasteiger partial charge on any atom is 0.221 e. The smallest absolute Gasteiger partial charge is 0.221 e. The van der Waals surface area contributed by atoms with Gasteiger partial charge in [-0.2, -0.15) is 0 Å². The van der Waals surface area contributed by atoms with Gasteiger partial charge in [0.25, 0.3) is 0 Å². The average Bonchev–Trinajstić information content (AvgIpc) is 2.58. The van der Waals surface area contributed by atoms with Crippen molar-refractivity contribution in [3.05, 3.63) is 35.1 Å². The Labute approximate surface area is 136 Å². The summed E-state index contributed by atoms with van der Waals surface area (Å²) in [5.41, 5.74) is 1.67. The molecule has 23 heavy (non-hydrogen) atoms. The number of nitrogens with one attached hydrogen (secondary N) is 1. The third kappa shape index (κ3) is 3.88. The first kappa shape index (κ1) is 15.9. The lowest BCUT2D eigenvalue weighted by atomic mass is 10.1. The Balaban J connectivity index is 1.60. The van der Waals surface area contributed by atoms with Crippen LogP contribution in [0, 0.1) is 12.7 Å². The SMILES string of the molecule is Cc1ccc(F)c(C(C)NC2=NCN(C3CCOCC3)C=N2)c1. The van der Waals surface area contributed by atoms with Crippen LogP contribution in [0.1, 0.15) is 36.9 Å². The average molecular weight is 318 g/mol. The first-order chi connectivity index (χ1) is 11.1. The molecule has 1 aromatic carbocycles. The number of benzene rings is 1. The first-order valence-electron chi connectivity index (χ1n) is 8.08. The highest BCUT2D eigenvalue weighted by Crippen LogP contribution is 2.19. The molecule has 2 heterocycles. The molecule has 0 spiro atoms. The summed E-state index contributed by atoms with van der Waals surface area (Å²) in [6, 6.07) is 5.40. The minimum Gasteiger partial charge on any atom is -0.381 e. The number of aliphatic imine (C=N–C) groups is 2. The second-order valence-corrected chi connectivity index (χ2v) is 6.12. The molecule has 1 unspecified atom stereocenters. The number of rotatable bonds is 3. The van der Waals surface area contributed by atoms with Crippen molar-refractivity contribution in [2.75, 3.05) is 19.9 Å². The van der Waals surface area contributed by atoms with Gasteiger partial charge in [-0.1, -0.05) is 17.7 Å². The van der Waals surface area contributed by atoms with Gasteiger partial charge >= 0.3 is 0 Å². The first-order valence-corrected chi connectivity index (χ1v) is 8.08. The van der Waals surface area contributed by atoms with Gasteiger partial charge in [-0.15, -0.1) is 0 Å².